The molecule has 1 aromatic carbocycles. The van der Waals surface area contributed by atoms with Gasteiger partial charge >= 0.3 is 5.97 Å². The molecule has 7 heteroatoms. The van der Waals surface area contributed by atoms with Gasteiger partial charge in [0.05, 0.1) is 0 Å². The Balaban J connectivity index is 1.76. The fraction of sp³-hybridized carbons (Fsp3) is 0.353. The fourth-order valence-corrected chi connectivity index (χ4v) is 3.25. The van der Waals surface area contributed by atoms with E-state index in [1.54, 1.807) is 6.08 Å². The van der Waals surface area contributed by atoms with Crippen LogP contribution in [0.2, 0.25) is 0 Å². The van der Waals surface area contributed by atoms with E-state index >= 15 is 0 Å². The van der Waals surface area contributed by atoms with Crippen LogP contribution in [0.25, 0.3) is 6.08 Å². The molecule has 0 aliphatic carbocycles. The molecule has 126 valence electrons. The van der Waals surface area contributed by atoms with E-state index in [1.165, 1.54) is 18.5 Å². The number of anilines is 1. The van der Waals surface area contributed by atoms with Crippen molar-refractivity contribution in [2.24, 2.45) is 0 Å². The number of carbonyl (C=O) groups is 1. The highest BCUT2D eigenvalue weighted by molar-refractivity contribution is 8.03. The van der Waals surface area contributed by atoms with Crippen molar-refractivity contribution in [3.8, 4) is 0 Å². The molecule has 24 heavy (non-hydrogen) atoms. The number of thioether (sulfide) groups is 1. The van der Waals surface area contributed by atoms with E-state index < -0.39 is 5.97 Å². The Morgan fingerprint density at radius 2 is 2.00 bits per heavy atom. The predicted octanol–water partition coefficient (Wildman–Crippen LogP) is 3.45. The molecule has 1 saturated heterocycles. The molecule has 2 heterocycles. The zero-order valence-electron chi connectivity index (χ0n) is 13.4. The Bertz CT molecular complexity index is 734. The van der Waals surface area contributed by atoms with Gasteiger partial charge in [0, 0.05) is 25.2 Å². The molecular weight excluding hydrogens is 326 g/mol. The van der Waals surface area contributed by atoms with Gasteiger partial charge in [0.2, 0.25) is 5.89 Å². The van der Waals surface area contributed by atoms with Crippen LogP contribution in [0.3, 0.4) is 0 Å². The van der Waals surface area contributed by atoms with Crippen LogP contribution in [-0.4, -0.2) is 34.4 Å². The van der Waals surface area contributed by atoms with Gasteiger partial charge in [-0.3, -0.25) is 0 Å². The summed E-state index contributed by atoms with van der Waals surface area (Å²) < 4.78 is 5.37. The third-order valence-corrected chi connectivity index (χ3v) is 4.67. The van der Waals surface area contributed by atoms with Gasteiger partial charge in [-0.25, -0.2) is 4.79 Å². The van der Waals surface area contributed by atoms with Crippen LogP contribution >= 0.6 is 11.8 Å². The highest BCUT2D eigenvalue weighted by Crippen LogP contribution is 2.28. The molecule has 0 saturated carbocycles. The van der Waals surface area contributed by atoms with Crippen LogP contribution < -0.4 is 4.90 Å². The van der Waals surface area contributed by atoms with Gasteiger partial charge < -0.3 is 14.4 Å². The van der Waals surface area contributed by atoms with E-state index in [-0.39, 0.29) is 10.1 Å². The minimum atomic E-state index is -1.01. The number of benzene rings is 1. The second-order valence-electron chi connectivity index (χ2n) is 5.52. The van der Waals surface area contributed by atoms with Crippen LogP contribution in [0.5, 0.6) is 0 Å². The first-order chi connectivity index (χ1) is 11.7. The van der Waals surface area contributed by atoms with Crippen LogP contribution in [0.1, 0.15) is 31.2 Å². The molecule has 0 unspecified atom stereocenters. The zero-order chi connectivity index (χ0) is 16.9. The number of aromatic nitrogens is 2. The third kappa shape index (κ3) is 3.97. The highest BCUT2D eigenvalue weighted by atomic mass is 32.2. The van der Waals surface area contributed by atoms with Crippen LogP contribution in [0, 0.1) is 0 Å². The van der Waals surface area contributed by atoms with E-state index in [1.807, 2.05) is 31.2 Å². The Kier molecular flexibility index (Phi) is 5.20. The molecule has 1 aromatic heterocycles. The van der Waals surface area contributed by atoms with E-state index in [0.29, 0.717) is 12.3 Å². The van der Waals surface area contributed by atoms with E-state index in [2.05, 4.69) is 15.1 Å². The number of aryl methyl sites for hydroxylation is 1. The van der Waals surface area contributed by atoms with E-state index in [9.17, 15) is 9.90 Å². The normalized spacial score (nSPS) is 15.0. The number of carboxylic acids is 1. The summed E-state index contributed by atoms with van der Waals surface area (Å²) >= 11 is 0.968. The third-order valence-electron chi connectivity index (χ3n) is 3.82. The molecule has 3 rings (SSSR count). The molecular formula is C17H19N3O3S. The average molecular weight is 345 g/mol. The smallest absolute Gasteiger partial charge is 0.342 e. The molecule has 1 fully saturated rings. The Hall–Kier alpha value is -2.28. The summed E-state index contributed by atoms with van der Waals surface area (Å²) in [6.45, 7) is 4.07. The quantitative estimate of drug-likeness (QED) is 0.634. The van der Waals surface area contributed by atoms with Crippen molar-refractivity contribution < 1.29 is 14.3 Å². The maximum Gasteiger partial charge on any atom is 0.342 e. The van der Waals surface area contributed by atoms with Crippen molar-refractivity contribution in [2.45, 2.75) is 31.4 Å². The largest absolute Gasteiger partial charge is 0.477 e. The van der Waals surface area contributed by atoms with Crippen molar-refractivity contribution >= 4 is 29.5 Å². The summed E-state index contributed by atoms with van der Waals surface area (Å²) in [5.41, 5.74) is 2.01. The van der Waals surface area contributed by atoms with Crippen LogP contribution in [0.4, 0.5) is 5.69 Å². The van der Waals surface area contributed by atoms with Gasteiger partial charge in [0.25, 0.3) is 5.22 Å². The van der Waals surface area contributed by atoms with E-state index in [0.717, 1.165) is 30.4 Å². The predicted molar refractivity (Wildman–Crippen MR) is 93.0 cm³/mol. The lowest BCUT2D eigenvalue weighted by Crippen LogP contribution is -2.17. The first-order valence-electron chi connectivity index (χ1n) is 7.96. The molecule has 0 radical (unpaired) electrons. The summed E-state index contributed by atoms with van der Waals surface area (Å²) in [6.07, 6.45) is 4.70. The lowest BCUT2D eigenvalue weighted by atomic mass is 10.2. The van der Waals surface area contributed by atoms with Crippen molar-refractivity contribution in [3.63, 3.8) is 0 Å². The summed E-state index contributed by atoms with van der Waals surface area (Å²) in [4.78, 5) is 14.0. The molecule has 0 bridgehead atoms. The SMILES string of the molecule is CCc1nnc(S/C(=C/c2ccc(N3CCCC3)cc2)C(=O)O)o1. The van der Waals surface area contributed by atoms with Gasteiger partial charge in [-0.15, -0.1) is 10.2 Å². The number of hydrogen-bond donors (Lipinski definition) is 1. The molecule has 0 spiro atoms. The molecule has 1 aliphatic rings. The number of nitrogens with zero attached hydrogens (tertiary/aromatic N) is 3. The summed E-state index contributed by atoms with van der Waals surface area (Å²) in [6, 6.07) is 7.93. The first-order valence-corrected chi connectivity index (χ1v) is 8.77. The molecule has 1 aliphatic heterocycles. The second kappa shape index (κ2) is 7.53. The zero-order valence-corrected chi connectivity index (χ0v) is 14.3. The highest BCUT2D eigenvalue weighted by Gasteiger charge is 2.15. The maximum atomic E-state index is 11.5. The van der Waals surface area contributed by atoms with Gasteiger partial charge in [-0.2, -0.15) is 0 Å². The fourth-order valence-electron chi connectivity index (χ4n) is 2.56. The van der Waals surface area contributed by atoms with Crippen molar-refractivity contribution in [2.75, 3.05) is 18.0 Å². The summed E-state index contributed by atoms with van der Waals surface area (Å²) in [5, 5.41) is 17.3. The molecule has 0 amide bonds. The number of hydrogen-bond acceptors (Lipinski definition) is 6. The van der Waals surface area contributed by atoms with Crippen LogP contribution in [0.15, 0.2) is 38.8 Å². The lowest BCUT2D eigenvalue weighted by molar-refractivity contribution is -0.131. The van der Waals surface area contributed by atoms with Gasteiger partial charge in [0.15, 0.2) is 0 Å². The second-order valence-corrected chi connectivity index (χ2v) is 6.51. The van der Waals surface area contributed by atoms with Crippen molar-refractivity contribution in [3.05, 3.63) is 40.6 Å². The first kappa shape index (κ1) is 16.6. The summed E-state index contributed by atoms with van der Waals surface area (Å²) in [7, 11) is 0. The van der Waals surface area contributed by atoms with E-state index in [4.69, 9.17) is 4.42 Å². The maximum absolute atomic E-state index is 11.5. The number of rotatable bonds is 6. The van der Waals surface area contributed by atoms with Crippen molar-refractivity contribution in [1.82, 2.24) is 10.2 Å². The van der Waals surface area contributed by atoms with Gasteiger partial charge in [0.1, 0.15) is 4.91 Å². The topological polar surface area (TPSA) is 79.5 Å². The molecule has 2 aromatic rings. The minimum absolute atomic E-state index is 0.148. The molecule has 6 nitrogen and oxygen atoms in total. The van der Waals surface area contributed by atoms with Gasteiger partial charge in [-0.1, -0.05) is 19.1 Å². The minimum Gasteiger partial charge on any atom is -0.477 e. The average Bonchev–Trinajstić information content (AvgIpc) is 3.26. The lowest BCUT2D eigenvalue weighted by Gasteiger charge is -2.17. The Morgan fingerprint density at radius 1 is 1.29 bits per heavy atom. The summed E-state index contributed by atoms with van der Waals surface area (Å²) in [5.74, 6) is -0.517. The molecule has 1 N–H and O–H groups in total. The van der Waals surface area contributed by atoms with Crippen LogP contribution in [-0.2, 0) is 11.2 Å². The number of aliphatic carboxylic acids is 1. The standard InChI is InChI=1S/C17H19N3O3S/c1-2-15-18-19-17(23-15)24-14(16(21)22)11-12-5-7-13(8-6-12)20-9-3-4-10-20/h5-8,11H,2-4,9-10H2,1H3,(H,21,22)/b14-11+. The Labute approximate surface area is 144 Å². The molecule has 0 atom stereocenters. The van der Waals surface area contributed by atoms with Gasteiger partial charge in [-0.05, 0) is 48.4 Å². The number of carboxylic acid groups (broad SMARTS) is 1. The Morgan fingerprint density at radius 3 is 2.58 bits per heavy atom. The monoisotopic (exact) mass is 345 g/mol. The van der Waals surface area contributed by atoms with Crippen molar-refractivity contribution in [1.29, 1.82) is 0 Å².